The van der Waals surface area contributed by atoms with Crippen LogP contribution in [-0.2, 0) is 0 Å². The number of rotatable bonds is 7. The summed E-state index contributed by atoms with van der Waals surface area (Å²) in [5.41, 5.74) is 6.83. The molecule has 0 radical (unpaired) electrons. The van der Waals surface area contributed by atoms with E-state index < -0.39 is 15.8 Å². The third-order valence-corrected chi connectivity index (χ3v) is 11.9. The van der Waals surface area contributed by atoms with Gasteiger partial charge in [0.05, 0.1) is 12.5 Å². The van der Waals surface area contributed by atoms with E-state index in [-0.39, 0.29) is 5.66 Å². The molecule has 0 aliphatic heterocycles. The van der Waals surface area contributed by atoms with Crippen molar-refractivity contribution in [1.29, 1.82) is 0 Å². The Balaban J connectivity index is 1.59. The smallest absolute Gasteiger partial charge is 0.134 e. The predicted molar refractivity (Wildman–Crippen MR) is 143 cm³/mol. The van der Waals surface area contributed by atoms with Crippen molar-refractivity contribution >= 4 is 37.5 Å². The maximum absolute atomic E-state index is 5.94. The van der Waals surface area contributed by atoms with E-state index in [4.69, 9.17) is 8.83 Å². The summed E-state index contributed by atoms with van der Waals surface area (Å²) in [4.78, 5) is 0. The van der Waals surface area contributed by atoms with Crippen LogP contribution in [0, 0.1) is 13.8 Å². The Morgan fingerprint density at radius 3 is 1.76 bits per heavy atom. The summed E-state index contributed by atoms with van der Waals surface area (Å²) < 4.78 is 11.9. The van der Waals surface area contributed by atoms with Crippen molar-refractivity contribution < 1.29 is 8.83 Å². The molecule has 33 heavy (non-hydrogen) atoms. The molecule has 5 rings (SSSR count). The van der Waals surface area contributed by atoms with Gasteiger partial charge in [-0.2, -0.15) is 0 Å². The average Bonchev–Trinajstić information content (AvgIpc) is 3.61. The van der Waals surface area contributed by atoms with E-state index in [0.717, 1.165) is 11.0 Å². The van der Waals surface area contributed by atoms with Gasteiger partial charge < -0.3 is 8.83 Å². The minimum absolute atomic E-state index is 0.255. The fraction of sp³-hybridized carbons (Fsp3) is 0.172. The highest BCUT2D eigenvalue weighted by molar-refractivity contribution is 7.75. The molecule has 2 nitrogen and oxygen atoms in total. The van der Waals surface area contributed by atoms with Crippen LogP contribution in [-0.4, -0.2) is 11.3 Å². The number of aryl methyl sites for hydroxylation is 2. The largest absolute Gasteiger partial charge is 0.464 e. The molecule has 4 aromatic rings. The maximum atomic E-state index is 5.94. The Labute approximate surface area is 198 Å². The lowest BCUT2D eigenvalue weighted by Gasteiger charge is -2.33. The number of allylic oxidation sites excluding steroid dienone is 4. The molecule has 0 fully saturated rings. The van der Waals surface area contributed by atoms with Crippen molar-refractivity contribution in [3.63, 3.8) is 0 Å². The van der Waals surface area contributed by atoms with Crippen molar-refractivity contribution in [3.8, 4) is 0 Å². The lowest BCUT2D eigenvalue weighted by atomic mass is 10.2. The minimum atomic E-state index is -0.806. The van der Waals surface area contributed by atoms with Crippen molar-refractivity contribution in [1.82, 2.24) is 0 Å². The maximum Gasteiger partial charge on any atom is 0.134 e. The van der Waals surface area contributed by atoms with Crippen LogP contribution >= 0.6 is 15.8 Å². The second kappa shape index (κ2) is 9.68. The molecule has 2 aromatic carbocycles. The monoisotopic (exact) mass is 470 g/mol. The van der Waals surface area contributed by atoms with Crippen LogP contribution in [0.2, 0.25) is 0 Å². The first-order valence-electron chi connectivity index (χ1n) is 11.3. The molecule has 166 valence electrons. The second-order valence-corrected chi connectivity index (χ2v) is 13.0. The van der Waals surface area contributed by atoms with Crippen molar-refractivity contribution in [2.75, 3.05) is 0 Å². The predicted octanol–water partition coefficient (Wildman–Crippen LogP) is 6.31. The molecule has 0 N–H and O–H groups in total. The molecule has 0 spiro atoms. The molecule has 1 aliphatic carbocycles. The topological polar surface area (TPSA) is 26.3 Å². The van der Waals surface area contributed by atoms with Gasteiger partial charge in [-0.3, -0.25) is 0 Å². The van der Waals surface area contributed by atoms with E-state index >= 15 is 0 Å². The molecule has 2 heterocycles. The number of furan rings is 2. The van der Waals surface area contributed by atoms with E-state index in [1.54, 1.807) is 12.5 Å². The molecule has 2 atom stereocenters. The van der Waals surface area contributed by atoms with Crippen molar-refractivity contribution in [2.45, 2.75) is 32.1 Å². The SMILES string of the molecule is Cc1ccccc1P(c1ccccc1C)C(C)C1=CC=CC1P(c1ccco1)c1ccco1. The summed E-state index contributed by atoms with van der Waals surface area (Å²) in [7, 11) is -1.40. The molecular formula is C29H28O2P2. The fourth-order valence-corrected chi connectivity index (χ4v) is 10.3. The van der Waals surface area contributed by atoms with Gasteiger partial charge in [-0.05, 0) is 67.8 Å². The van der Waals surface area contributed by atoms with Gasteiger partial charge in [0.1, 0.15) is 11.0 Å². The molecule has 1 aliphatic rings. The van der Waals surface area contributed by atoms with Crippen LogP contribution in [0.5, 0.6) is 0 Å². The average molecular weight is 470 g/mol. The van der Waals surface area contributed by atoms with Gasteiger partial charge >= 0.3 is 0 Å². The third-order valence-electron chi connectivity index (χ3n) is 6.31. The van der Waals surface area contributed by atoms with Crippen LogP contribution < -0.4 is 21.6 Å². The lowest BCUT2D eigenvalue weighted by Crippen LogP contribution is -2.29. The van der Waals surface area contributed by atoms with E-state index in [2.05, 4.69) is 99.7 Å². The Morgan fingerprint density at radius 2 is 1.27 bits per heavy atom. The molecule has 2 unspecified atom stereocenters. The van der Waals surface area contributed by atoms with Crippen LogP contribution in [0.1, 0.15) is 18.1 Å². The van der Waals surface area contributed by atoms with E-state index in [0.29, 0.717) is 5.66 Å². The highest BCUT2D eigenvalue weighted by Crippen LogP contribution is 2.53. The first kappa shape index (κ1) is 22.1. The van der Waals surface area contributed by atoms with Crippen LogP contribution in [0.15, 0.2) is 118 Å². The zero-order chi connectivity index (χ0) is 22.8. The summed E-state index contributed by atoms with van der Waals surface area (Å²) in [6, 6.07) is 25.9. The quantitative estimate of drug-likeness (QED) is 0.296. The zero-order valence-electron chi connectivity index (χ0n) is 19.2. The standard InChI is InChI=1S/C29H28O2P2/c1-21-11-4-6-14-25(21)32(26-15-7-5-12-22(26)2)23(3)24-13-8-16-27(24)33(28-17-9-19-30-28)29-18-10-20-31-29/h4-20,23,27H,1-3H3. The van der Waals surface area contributed by atoms with Gasteiger partial charge in [-0.1, -0.05) is 79.3 Å². The van der Waals surface area contributed by atoms with E-state index in [1.807, 2.05) is 12.1 Å². The Hall–Kier alpha value is -2.66. The highest BCUT2D eigenvalue weighted by atomic mass is 31.1. The fourth-order valence-electron chi connectivity index (χ4n) is 4.66. The Morgan fingerprint density at radius 1 is 0.727 bits per heavy atom. The van der Waals surface area contributed by atoms with Gasteiger partial charge in [0, 0.05) is 19.2 Å². The second-order valence-electron chi connectivity index (χ2n) is 8.39. The van der Waals surface area contributed by atoms with Gasteiger partial charge in [-0.25, -0.2) is 0 Å². The van der Waals surface area contributed by atoms with Gasteiger partial charge in [0.25, 0.3) is 0 Å². The normalized spacial score (nSPS) is 16.5. The molecule has 0 saturated heterocycles. The lowest BCUT2D eigenvalue weighted by molar-refractivity contribution is 0.592. The van der Waals surface area contributed by atoms with Gasteiger partial charge in [0.15, 0.2) is 0 Å². The number of hydrogen-bond donors (Lipinski definition) is 0. The molecule has 0 bridgehead atoms. The van der Waals surface area contributed by atoms with E-state index in [9.17, 15) is 0 Å². The molecule has 0 amide bonds. The van der Waals surface area contributed by atoms with Crippen LogP contribution in [0.25, 0.3) is 0 Å². The molecule has 4 heteroatoms. The molecular weight excluding hydrogens is 442 g/mol. The van der Waals surface area contributed by atoms with Gasteiger partial charge in [0.2, 0.25) is 0 Å². The Bertz CT molecular complexity index is 1190. The number of hydrogen-bond acceptors (Lipinski definition) is 2. The number of benzene rings is 2. The molecule has 0 saturated carbocycles. The molecule has 2 aromatic heterocycles. The summed E-state index contributed by atoms with van der Waals surface area (Å²) in [5.74, 6) is 0. The minimum Gasteiger partial charge on any atom is -0.464 e. The highest BCUT2D eigenvalue weighted by Gasteiger charge is 2.37. The third kappa shape index (κ3) is 4.31. The van der Waals surface area contributed by atoms with Gasteiger partial charge in [-0.15, -0.1) is 0 Å². The van der Waals surface area contributed by atoms with Crippen LogP contribution in [0.4, 0.5) is 0 Å². The van der Waals surface area contributed by atoms with Crippen LogP contribution in [0.3, 0.4) is 0 Å². The zero-order valence-corrected chi connectivity index (χ0v) is 21.0. The van der Waals surface area contributed by atoms with Crippen molar-refractivity contribution in [2.24, 2.45) is 0 Å². The summed E-state index contributed by atoms with van der Waals surface area (Å²) in [6.45, 7) is 6.90. The van der Waals surface area contributed by atoms with Crippen molar-refractivity contribution in [3.05, 3.63) is 120 Å². The summed E-state index contributed by atoms with van der Waals surface area (Å²) in [5, 5.41) is 2.92. The first-order chi connectivity index (χ1) is 16.1. The van der Waals surface area contributed by atoms with E-state index in [1.165, 1.54) is 27.3 Å². The summed E-state index contributed by atoms with van der Waals surface area (Å²) in [6.07, 6.45) is 10.4. The summed E-state index contributed by atoms with van der Waals surface area (Å²) >= 11 is 0. The Kier molecular flexibility index (Phi) is 6.50. The first-order valence-corrected chi connectivity index (χ1v) is 14.1.